The smallest absolute Gasteiger partial charge is 0.255 e. The van der Waals surface area contributed by atoms with Gasteiger partial charge in [0.15, 0.2) is 11.5 Å². The molecule has 0 N–H and O–H groups in total. The van der Waals surface area contributed by atoms with Gasteiger partial charge in [-0.2, -0.15) is 0 Å². The quantitative estimate of drug-likeness (QED) is 0.706. The fourth-order valence-corrected chi connectivity index (χ4v) is 4.28. The van der Waals surface area contributed by atoms with E-state index in [0.717, 1.165) is 42.9 Å². The highest BCUT2D eigenvalue weighted by molar-refractivity contribution is 7.98. The van der Waals surface area contributed by atoms with Gasteiger partial charge >= 0.3 is 0 Å². The number of ether oxygens (including phenoxy) is 2. The van der Waals surface area contributed by atoms with Gasteiger partial charge < -0.3 is 14.4 Å². The molecule has 0 unspecified atom stereocenters. The molecule has 1 fully saturated rings. The summed E-state index contributed by atoms with van der Waals surface area (Å²) in [6.45, 7) is 2.95. The Bertz CT molecular complexity index is 823. The minimum Gasteiger partial charge on any atom is -0.489 e. The third kappa shape index (κ3) is 4.33. The van der Waals surface area contributed by atoms with E-state index in [-0.39, 0.29) is 5.91 Å². The molecule has 2 aliphatic rings. The summed E-state index contributed by atoms with van der Waals surface area (Å²) in [5, 5.41) is 1.45. The maximum Gasteiger partial charge on any atom is 0.255 e. The van der Waals surface area contributed by atoms with E-state index in [4.69, 9.17) is 21.1 Å². The first-order valence-corrected chi connectivity index (χ1v) is 10.5. The summed E-state index contributed by atoms with van der Waals surface area (Å²) in [5.74, 6) is 2.12. The standard InChI is InChI=1S/C20H21ClN2O3S/c21-16-10-14(11-17-19(16)26-9-3-8-25-17)13-27-18-5-4-15(12-22-18)20(24)23-6-1-2-7-23/h4-5,10-12H,1-3,6-9,13H2. The number of likely N-dealkylation sites (tertiary alicyclic amines) is 1. The molecule has 1 amide bonds. The number of fused-ring (bicyclic) bond motifs is 1. The molecular weight excluding hydrogens is 384 g/mol. The lowest BCUT2D eigenvalue weighted by Gasteiger charge is -2.15. The molecule has 142 valence electrons. The number of hydrogen-bond donors (Lipinski definition) is 0. The molecule has 2 aromatic rings. The number of hydrogen-bond acceptors (Lipinski definition) is 5. The second-order valence-corrected chi connectivity index (χ2v) is 8.03. The lowest BCUT2D eigenvalue weighted by Crippen LogP contribution is -2.27. The monoisotopic (exact) mass is 404 g/mol. The maximum absolute atomic E-state index is 12.4. The van der Waals surface area contributed by atoms with Crippen LogP contribution in [0.2, 0.25) is 5.02 Å². The summed E-state index contributed by atoms with van der Waals surface area (Å²) in [6, 6.07) is 7.65. The molecular formula is C20H21ClN2O3S. The molecule has 5 nitrogen and oxygen atoms in total. The van der Waals surface area contributed by atoms with Gasteiger partial charge in [-0.3, -0.25) is 4.79 Å². The first kappa shape index (κ1) is 18.4. The van der Waals surface area contributed by atoms with E-state index in [1.807, 2.05) is 29.2 Å². The summed E-state index contributed by atoms with van der Waals surface area (Å²) in [4.78, 5) is 18.7. The molecule has 0 spiro atoms. The SMILES string of the molecule is O=C(c1ccc(SCc2cc(Cl)c3c(c2)OCCCO3)nc1)N1CCCC1. The number of carbonyl (C=O) groups is 1. The molecule has 1 aromatic carbocycles. The number of carbonyl (C=O) groups excluding carboxylic acids is 1. The van der Waals surface area contributed by atoms with Crippen LogP contribution >= 0.6 is 23.4 Å². The average molecular weight is 405 g/mol. The molecule has 1 saturated heterocycles. The number of nitrogens with zero attached hydrogens (tertiary/aromatic N) is 2. The number of halogens is 1. The van der Waals surface area contributed by atoms with Crippen molar-refractivity contribution in [2.24, 2.45) is 0 Å². The summed E-state index contributed by atoms with van der Waals surface area (Å²) >= 11 is 7.95. The van der Waals surface area contributed by atoms with Crippen LogP contribution in [0, 0.1) is 0 Å². The van der Waals surface area contributed by atoms with Crippen molar-refractivity contribution < 1.29 is 14.3 Å². The Kier molecular flexibility index (Phi) is 5.74. The van der Waals surface area contributed by atoms with Crippen molar-refractivity contribution in [3.63, 3.8) is 0 Å². The average Bonchev–Trinajstić information content (AvgIpc) is 3.12. The molecule has 0 aliphatic carbocycles. The highest BCUT2D eigenvalue weighted by atomic mass is 35.5. The minimum absolute atomic E-state index is 0.0752. The van der Waals surface area contributed by atoms with E-state index in [1.54, 1.807) is 18.0 Å². The molecule has 0 atom stereocenters. The normalized spacial score (nSPS) is 16.3. The zero-order valence-electron chi connectivity index (χ0n) is 14.9. The molecule has 0 radical (unpaired) electrons. The zero-order chi connectivity index (χ0) is 18.6. The number of rotatable bonds is 4. The van der Waals surface area contributed by atoms with Crippen LogP contribution in [0.15, 0.2) is 35.5 Å². The first-order valence-electron chi connectivity index (χ1n) is 9.17. The number of aromatic nitrogens is 1. The predicted molar refractivity (Wildman–Crippen MR) is 106 cm³/mol. The second kappa shape index (κ2) is 8.40. The Morgan fingerprint density at radius 3 is 2.74 bits per heavy atom. The van der Waals surface area contributed by atoms with Crippen molar-refractivity contribution in [1.29, 1.82) is 0 Å². The van der Waals surface area contributed by atoms with Crippen molar-refractivity contribution in [1.82, 2.24) is 9.88 Å². The Morgan fingerprint density at radius 2 is 1.96 bits per heavy atom. The largest absolute Gasteiger partial charge is 0.489 e. The summed E-state index contributed by atoms with van der Waals surface area (Å²) < 4.78 is 11.4. The summed E-state index contributed by atoms with van der Waals surface area (Å²) in [6.07, 6.45) is 4.70. The Morgan fingerprint density at radius 1 is 1.15 bits per heavy atom. The highest BCUT2D eigenvalue weighted by Crippen LogP contribution is 2.39. The zero-order valence-corrected chi connectivity index (χ0v) is 16.5. The highest BCUT2D eigenvalue weighted by Gasteiger charge is 2.20. The van der Waals surface area contributed by atoms with Gasteiger partial charge in [0.05, 0.1) is 28.8 Å². The van der Waals surface area contributed by atoms with Gasteiger partial charge in [-0.15, -0.1) is 11.8 Å². The van der Waals surface area contributed by atoms with Crippen molar-refractivity contribution >= 4 is 29.3 Å². The van der Waals surface area contributed by atoms with E-state index < -0.39 is 0 Å². The summed E-state index contributed by atoms with van der Waals surface area (Å²) in [7, 11) is 0. The van der Waals surface area contributed by atoms with Crippen LogP contribution in [0.25, 0.3) is 0 Å². The molecule has 1 aromatic heterocycles. The van der Waals surface area contributed by atoms with Gasteiger partial charge in [-0.25, -0.2) is 4.98 Å². The predicted octanol–water partition coefficient (Wildman–Crippen LogP) is 4.42. The maximum atomic E-state index is 12.4. The fourth-order valence-electron chi connectivity index (χ4n) is 3.22. The van der Waals surface area contributed by atoms with Crippen molar-refractivity contribution in [3.05, 3.63) is 46.6 Å². The summed E-state index contributed by atoms with van der Waals surface area (Å²) in [5.41, 5.74) is 1.70. The van der Waals surface area contributed by atoms with Gasteiger partial charge in [0.2, 0.25) is 0 Å². The number of pyridine rings is 1. The fraction of sp³-hybridized carbons (Fsp3) is 0.400. The van der Waals surface area contributed by atoms with Crippen LogP contribution in [0.1, 0.15) is 35.2 Å². The van der Waals surface area contributed by atoms with E-state index in [0.29, 0.717) is 41.1 Å². The molecule has 27 heavy (non-hydrogen) atoms. The van der Waals surface area contributed by atoms with Crippen LogP contribution in [0.5, 0.6) is 11.5 Å². The van der Waals surface area contributed by atoms with Crippen molar-refractivity contribution in [2.75, 3.05) is 26.3 Å². The molecule has 0 saturated carbocycles. The van der Waals surface area contributed by atoms with Gasteiger partial charge in [0.25, 0.3) is 5.91 Å². The van der Waals surface area contributed by atoms with Crippen LogP contribution in [0.3, 0.4) is 0 Å². The van der Waals surface area contributed by atoms with E-state index in [9.17, 15) is 4.79 Å². The van der Waals surface area contributed by atoms with Crippen LogP contribution in [0.4, 0.5) is 0 Å². The Hall–Kier alpha value is -1.92. The van der Waals surface area contributed by atoms with Gasteiger partial charge in [0, 0.05) is 31.5 Å². The number of benzene rings is 1. The van der Waals surface area contributed by atoms with Crippen molar-refractivity contribution in [3.8, 4) is 11.5 Å². The van der Waals surface area contributed by atoms with Gasteiger partial charge in [0.1, 0.15) is 0 Å². The van der Waals surface area contributed by atoms with Crippen LogP contribution < -0.4 is 9.47 Å². The third-order valence-electron chi connectivity index (χ3n) is 4.63. The van der Waals surface area contributed by atoms with E-state index in [2.05, 4.69) is 4.98 Å². The van der Waals surface area contributed by atoms with E-state index in [1.165, 1.54) is 0 Å². The van der Waals surface area contributed by atoms with Gasteiger partial charge in [-0.05, 0) is 42.7 Å². The molecule has 0 bridgehead atoms. The van der Waals surface area contributed by atoms with E-state index >= 15 is 0 Å². The molecule has 2 aliphatic heterocycles. The first-order chi connectivity index (χ1) is 13.2. The molecule has 3 heterocycles. The minimum atomic E-state index is 0.0752. The van der Waals surface area contributed by atoms with Crippen LogP contribution in [-0.4, -0.2) is 42.1 Å². The number of thioether (sulfide) groups is 1. The Balaban J connectivity index is 1.41. The lowest BCUT2D eigenvalue weighted by molar-refractivity contribution is 0.0792. The van der Waals surface area contributed by atoms with Gasteiger partial charge in [-0.1, -0.05) is 11.6 Å². The molecule has 4 rings (SSSR count). The number of amides is 1. The second-order valence-electron chi connectivity index (χ2n) is 6.63. The lowest BCUT2D eigenvalue weighted by atomic mass is 10.2. The topological polar surface area (TPSA) is 51.7 Å². The Labute approximate surface area is 168 Å². The molecule has 7 heteroatoms. The van der Waals surface area contributed by atoms with Crippen molar-refractivity contribution in [2.45, 2.75) is 30.0 Å². The third-order valence-corrected chi connectivity index (χ3v) is 5.92. The van der Waals surface area contributed by atoms with Crippen LogP contribution in [-0.2, 0) is 5.75 Å².